The topological polar surface area (TPSA) is 46.5 Å². The van der Waals surface area contributed by atoms with Gasteiger partial charge in [-0.25, -0.2) is 0 Å². The molecule has 0 radical (unpaired) electrons. The van der Waals surface area contributed by atoms with Gasteiger partial charge in [0.2, 0.25) is 0 Å². The van der Waals surface area contributed by atoms with Crippen LogP contribution in [0.1, 0.15) is 12.8 Å². The molecule has 3 nitrogen and oxygen atoms in total. The molecule has 14 heteroatoms. The van der Waals surface area contributed by atoms with Gasteiger partial charge in [-0.15, -0.1) is 0 Å². The molecule has 0 aromatic heterocycles. The normalized spacial score (nSPS) is 15.0. The van der Waals surface area contributed by atoms with E-state index in [-0.39, 0.29) is 0 Å². The highest BCUT2D eigenvalue weighted by atomic mass is 19.4. The average Bonchev–Trinajstić information content (AvgIpc) is 2.22. The van der Waals surface area contributed by atoms with Crippen LogP contribution in [0.3, 0.4) is 0 Å². The van der Waals surface area contributed by atoms with Crippen LogP contribution >= 0.6 is 0 Å². The van der Waals surface area contributed by atoms with Crippen molar-refractivity contribution in [3.05, 3.63) is 0 Å². The molecule has 0 saturated carbocycles. The molecular weight excluding hydrogens is 353 g/mol. The number of alkyl halides is 11. The van der Waals surface area contributed by atoms with Crippen molar-refractivity contribution in [1.82, 2.24) is 0 Å². The van der Waals surface area contributed by atoms with E-state index in [9.17, 15) is 53.1 Å². The molecule has 0 aromatic rings. The van der Waals surface area contributed by atoms with Gasteiger partial charge in [0.1, 0.15) is 0 Å². The Kier molecular flexibility index (Phi) is 5.35. The molecule has 132 valence electrons. The van der Waals surface area contributed by atoms with Crippen LogP contribution in [0.25, 0.3) is 0 Å². The van der Waals surface area contributed by atoms with Crippen molar-refractivity contribution in [1.29, 1.82) is 0 Å². The van der Waals surface area contributed by atoms with Crippen molar-refractivity contribution in [3.63, 3.8) is 0 Å². The number of hydrogen-bond donors (Lipinski definition) is 1. The van der Waals surface area contributed by atoms with Crippen molar-refractivity contribution >= 4 is 5.97 Å². The van der Waals surface area contributed by atoms with Crippen LogP contribution in [0.5, 0.6) is 0 Å². The number of ether oxygens (including phenoxy) is 1. The Balaban J connectivity index is 5.58. The molecule has 0 aromatic carbocycles. The van der Waals surface area contributed by atoms with Gasteiger partial charge in [-0.3, -0.25) is 9.53 Å². The second kappa shape index (κ2) is 5.70. The number of halogens is 11. The molecule has 0 fully saturated rings. The van der Waals surface area contributed by atoms with Gasteiger partial charge in [0.15, 0.2) is 0 Å². The lowest BCUT2D eigenvalue weighted by molar-refractivity contribution is -0.503. The summed E-state index contributed by atoms with van der Waals surface area (Å²) in [6, 6.07) is 0. The van der Waals surface area contributed by atoms with Gasteiger partial charge < -0.3 is 5.11 Å². The maximum atomic E-state index is 12.8. The lowest BCUT2D eigenvalue weighted by atomic mass is 10.1. The lowest BCUT2D eigenvalue weighted by Gasteiger charge is -2.35. The SMILES string of the molecule is O=C(O)CCC(F)(F)C(F)(F)OC(F)(C(F)(F)F)C(F)(F)F. The summed E-state index contributed by atoms with van der Waals surface area (Å²) in [5.74, 6) is -15.0. The highest BCUT2D eigenvalue weighted by Crippen LogP contribution is 2.52. The Morgan fingerprint density at radius 1 is 0.818 bits per heavy atom. The maximum Gasteiger partial charge on any atom is 0.458 e. The third-order valence-electron chi connectivity index (χ3n) is 2.08. The first-order valence-corrected chi connectivity index (χ1v) is 4.87. The van der Waals surface area contributed by atoms with Crippen molar-refractivity contribution in [2.45, 2.75) is 43.1 Å². The van der Waals surface area contributed by atoms with Crippen molar-refractivity contribution in [2.75, 3.05) is 0 Å². The minimum atomic E-state index is -7.14. The summed E-state index contributed by atoms with van der Waals surface area (Å²) in [6.45, 7) is 0. The van der Waals surface area contributed by atoms with E-state index in [1.807, 2.05) is 0 Å². The Bertz CT molecular complexity index is 397. The first-order valence-electron chi connectivity index (χ1n) is 4.87. The van der Waals surface area contributed by atoms with Gasteiger partial charge in [0.25, 0.3) is 0 Å². The van der Waals surface area contributed by atoms with Gasteiger partial charge in [0, 0.05) is 6.42 Å². The first-order chi connectivity index (χ1) is 9.37. The van der Waals surface area contributed by atoms with Gasteiger partial charge in [0.05, 0.1) is 6.42 Å². The molecule has 0 atom stereocenters. The van der Waals surface area contributed by atoms with E-state index >= 15 is 0 Å². The van der Waals surface area contributed by atoms with Crippen LogP contribution in [0.2, 0.25) is 0 Å². The van der Waals surface area contributed by atoms with Crippen molar-refractivity contribution < 1.29 is 62.9 Å². The number of carboxylic acid groups (broad SMARTS) is 1. The Labute approximate surface area is 113 Å². The molecule has 0 saturated heterocycles. The molecule has 0 rings (SSSR count). The second-order valence-electron chi connectivity index (χ2n) is 3.81. The molecule has 0 aliphatic heterocycles. The Morgan fingerprint density at radius 3 is 1.45 bits per heavy atom. The zero-order valence-corrected chi connectivity index (χ0v) is 9.84. The molecule has 0 heterocycles. The molecular formula is C8H5F11O3. The largest absolute Gasteiger partial charge is 0.481 e. The van der Waals surface area contributed by atoms with Crippen LogP contribution in [0.15, 0.2) is 0 Å². The van der Waals surface area contributed by atoms with E-state index in [1.165, 1.54) is 0 Å². The number of carboxylic acids is 1. The predicted molar refractivity (Wildman–Crippen MR) is 43.8 cm³/mol. The van der Waals surface area contributed by atoms with Crippen LogP contribution in [-0.4, -0.2) is 41.3 Å². The summed E-state index contributed by atoms with van der Waals surface area (Å²) < 4.78 is 137. The standard InChI is InChI=1S/C8H5F11O3/c9-4(10,2-1-3(20)21)8(18,19)22-5(11,6(12,13)14)7(15,16)17/h1-2H2,(H,20,21). The van der Waals surface area contributed by atoms with Crippen molar-refractivity contribution in [2.24, 2.45) is 0 Å². The van der Waals surface area contributed by atoms with E-state index in [0.29, 0.717) is 0 Å². The monoisotopic (exact) mass is 358 g/mol. The maximum absolute atomic E-state index is 12.8. The van der Waals surface area contributed by atoms with Gasteiger partial charge >= 0.3 is 36.2 Å². The van der Waals surface area contributed by atoms with E-state index in [0.717, 1.165) is 0 Å². The van der Waals surface area contributed by atoms with Crippen LogP contribution < -0.4 is 0 Å². The van der Waals surface area contributed by atoms with Crippen LogP contribution in [0, 0.1) is 0 Å². The molecule has 0 spiro atoms. The summed E-state index contributed by atoms with van der Waals surface area (Å²) in [4.78, 5) is 9.92. The number of carbonyl (C=O) groups is 1. The quantitative estimate of drug-likeness (QED) is 0.733. The van der Waals surface area contributed by atoms with Crippen LogP contribution in [-0.2, 0) is 9.53 Å². The Hall–Kier alpha value is -1.34. The fourth-order valence-corrected chi connectivity index (χ4v) is 0.937. The number of aliphatic carboxylic acids is 1. The van der Waals surface area contributed by atoms with Crippen molar-refractivity contribution in [3.8, 4) is 0 Å². The summed E-state index contributed by atoms with van der Waals surface area (Å²) >= 11 is 0. The summed E-state index contributed by atoms with van der Waals surface area (Å²) in [6.07, 6.45) is -25.0. The molecule has 0 aliphatic carbocycles. The third-order valence-corrected chi connectivity index (χ3v) is 2.08. The Morgan fingerprint density at radius 2 is 1.18 bits per heavy atom. The molecule has 0 unspecified atom stereocenters. The zero-order valence-electron chi connectivity index (χ0n) is 9.84. The zero-order chi connectivity index (χ0) is 18.2. The molecule has 0 bridgehead atoms. The fraction of sp³-hybridized carbons (Fsp3) is 0.875. The highest BCUT2D eigenvalue weighted by Gasteiger charge is 2.79. The molecule has 0 aliphatic rings. The summed E-state index contributed by atoms with van der Waals surface area (Å²) in [5.41, 5.74) is 0. The lowest BCUT2D eigenvalue weighted by Crippen LogP contribution is -2.61. The van der Waals surface area contributed by atoms with Crippen LogP contribution in [0.4, 0.5) is 48.3 Å². The fourth-order valence-electron chi connectivity index (χ4n) is 0.937. The predicted octanol–water partition coefficient (Wildman–Crippen LogP) is 3.89. The van der Waals surface area contributed by atoms with E-state index < -0.39 is 49.0 Å². The molecule has 1 N–H and O–H groups in total. The summed E-state index contributed by atoms with van der Waals surface area (Å²) in [5, 5.41) is 7.98. The highest BCUT2D eigenvalue weighted by molar-refractivity contribution is 5.66. The average molecular weight is 358 g/mol. The smallest absolute Gasteiger partial charge is 0.458 e. The molecule has 0 amide bonds. The number of rotatable bonds is 6. The first kappa shape index (κ1) is 20.7. The summed E-state index contributed by atoms with van der Waals surface area (Å²) in [7, 11) is 0. The van der Waals surface area contributed by atoms with E-state index in [1.54, 1.807) is 4.74 Å². The van der Waals surface area contributed by atoms with E-state index in [2.05, 4.69) is 0 Å². The molecule has 22 heavy (non-hydrogen) atoms. The second-order valence-corrected chi connectivity index (χ2v) is 3.81. The number of hydrogen-bond acceptors (Lipinski definition) is 2. The van der Waals surface area contributed by atoms with Gasteiger partial charge in [-0.1, -0.05) is 0 Å². The minimum Gasteiger partial charge on any atom is -0.481 e. The van der Waals surface area contributed by atoms with E-state index in [4.69, 9.17) is 5.11 Å². The third kappa shape index (κ3) is 4.10. The van der Waals surface area contributed by atoms with Gasteiger partial charge in [-0.2, -0.15) is 48.3 Å². The minimum absolute atomic E-state index is 1.75. The van der Waals surface area contributed by atoms with Gasteiger partial charge in [-0.05, 0) is 0 Å².